The highest BCUT2D eigenvalue weighted by molar-refractivity contribution is 7.80. The monoisotopic (exact) mass is 560 g/mol. The van der Waals surface area contributed by atoms with E-state index in [1.54, 1.807) is 12.1 Å². The summed E-state index contributed by atoms with van der Waals surface area (Å²) in [6.45, 7) is 6.40. The number of carbonyl (C=O) groups excluding carboxylic acids is 2. The third-order valence-corrected chi connectivity index (χ3v) is 7.19. The summed E-state index contributed by atoms with van der Waals surface area (Å²) in [7, 11) is 0. The van der Waals surface area contributed by atoms with E-state index in [4.69, 9.17) is 26.4 Å². The summed E-state index contributed by atoms with van der Waals surface area (Å²) in [6.07, 6.45) is 8.28. The number of carbonyl (C=O) groups is 2. The summed E-state index contributed by atoms with van der Waals surface area (Å²) < 4.78 is 16.1. The zero-order valence-corrected chi connectivity index (χ0v) is 24.6. The van der Waals surface area contributed by atoms with Crippen molar-refractivity contribution < 1.29 is 23.8 Å². The van der Waals surface area contributed by atoms with Gasteiger partial charge >= 0.3 is 12.1 Å². The van der Waals surface area contributed by atoms with Crippen LogP contribution in [0.25, 0.3) is 11.1 Å². The van der Waals surface area contributed by atoms with Crippen molar-refractivity contribution in [1.82, 2.24) is 0 Å². The van der Waals surface area contributed by atoms with Gasteiger partial charge in [-0.25, -0.2) is 9.59 Å². The molecule has 0 aliphatic carbocycles. The van der Waals surface area contributed by atoms with E-state index in [1.807, 2.05) is 62.4 Å². The first-order valence-corrected chi connectivity index (χ1v) is 14.7. The van der Waals surface area contributed by atoms with Crippen molar-refractivity contribution in [3.8, 4) is 16.9 Å². The van der Waals surface area contributed by atoms with Gasteiger partial charge in [0.1, 0.15) is 5.75 Å². The van der Waals surface area contributed by atoms with Gasteiger partial charge < -0.3 is 14.2 Å². The predicted molar refractivity (Wildman–Crippen MR) is 164 cm³/mol. The Morgan fingerprint density at radius 1 is 0.825 bits per heavy atom. The average molecular weight is 561 g/mol. The molecule has 0 saturated heterocycles. The number of rotatable bonds is 14. The Morgan fingerprint density at radius 3 is 2.23 bits per heavy atom. The van der Waals surface area contributed by atoms with Gasteiger partial charge in [0.05, 0.1) is 12.2 Å². The maximum atomic E-state index is 12.4. The summed E-state index contributed by atoms with van der Waals surface area (Å²) in [5, 5.41) is 0.398. The van der Waals surface area contributed by atoms with Crippen molar-refractivity contribution in [2.75, 3.05) is 6.61 Å². The Kier molecular flexibility index (Phi) is 12.8. The lowest BCUT2D eigenvalue weighted by Crippen LogP contribution is -2.17. The molecule has 0 aliphatic rings. The van der Waals surface area contributed by atoms with E-state index in [9.17, 15) is 9.59 Å². The third kappa shape index (κ3) is 9.91. The average Bonchev–Trinajstić information content (AvgIpc) is 2.98. The first-order valence-electron chi connectivity index (χ1n) is 14.3. The molecule has 40 heavy (non-hydrogen) atoms. The maximum Gasteiger partial charge on any atom is 0.516 e. The molecule has 3 rings (SSSR count). The summed E-state index contributed by atoms with van der Waals surface area (Å²) in [5.41, 5.74) is 4.00. The standard InChI is InChI=1S/C34H40O5S/c1-4-6-7-8-9-11-14-26-17-22-30(31(23-26)38-33(40)29-15-12-10-13-16-29)27-18-20-28(21-19-27)32(35)39-34(36)37-24-25(3)5-2/h10,12-13,15-23,25H,4-9,11,14,24H2,1-3H3/t25-/m0/s1. The van der Waals surface area contributed by atoms with E-state index in [1.165, 1.54) is 37.7 Å². The Labute approximate surface area is 243 Å². The molecule has 0 fully saturated rings. The van der Waals surface area contributed by atoms with Gasteiger partial charge in [0.2, 0.25) is 0 Å². The molecule has 3 aromatic rings. The van der Waals surface area contributed by atoms with E-state index >= 15 is 0 Å². The molecule has 0 unspecified atom stereocenters. The van der Waals surface area contributed by atoms with Crippen LogP contribution in [0.1, 0.15) is 87.2 Å². The van der Waals surface area contributed by atoms with Crippen molar-refractivity contribution >= 4 is 29.4 Å². The van der Waals surface area contributed by atoms with Crippen molar-refractivity contribution in [3.05, 3.63) is 89.5 Å². The maximum absolute atomic E-state index is 12.4. The number of ether oxygens (including phenoxy) is 3. The van der Waals surface area contributed by atoms with Gasteiger partial charge in [0, 0.05) is 11.1 Å². The minimum atomic E-state index is -0.986. The van der Waals surface area contributed by atoms with Crippen LogP contribution in [0, 0.1) is 5.92 Å². The van der Waals surface area contributed by atoms with Crippen LogP contribution in [-0.4, -0.2) is 23.8 Å². The Hall–Kier alpha value is -3.51. The van der Waals surface area contributed by atoms with Crippen molar-refractivity contribution in [3.63, 3.8) is 0 Å². The number of hydrogen-bond acceptors (Lipinski definition) is 6. The summed E-state index contributed by atoms with van der Waals surface area (Å²) >= 11 is 5.62. The first kappa shape index (κ1) is 31.0. The van der Waals surface area contributed by atoms with Gasteiger partial charge in [-0.05, 0) is 60.3 Å². The molecule has 3 aromatic carbocycles. The predicted octanol–water partition coefficient (Wildman–Crippen LogP) is 9.35. The van der Waals surface area contributed by atoms with Crippen LogP contribution in [0.15, 0.2) is 72.8 Å². The van der Waals surface area contributed by atoms with Crippen molar-refractivity contribution in [2.24, 2.45) is 5.92 Å². The number of hydrogen-bond donors (Lipinski definition) is 0. The van der Waals surface area contributed by atoms with Crippen LogP contribution in [0.4, 0.5) is 4.79 Å². The van der Waals surface area contributed by atoms with E-state index < -0.39 is 12.1 Å². The van der Waals surface area contributed by atoms with Gasteiger partial charge in [-0.15, -0.1) is 0 Å². The van der Waals surface area contributed by atoms with Gasteiger partial charge in [0.25, 0.3) is 0 Å². The number of aryl methyl sites for hydroxylation is 1. The lowest BCUT2D eigenvalue weighted by molar-refractivity contribution is 0.0342. The SMILES string of the molecule is CCCCCCCCc1ccc(-c2ccc(C(=O)OC(=O)OC[C@@H](C)CC)cc2)c(OC(=S)c2ccccc2)c1. The molecule has 0 aliphatic heterocycles. The highest BCUT2D eigenvalue weighted by atomic mass is 32.1. The molecular weight excluding hydrogens is 520 g/mol. The van der Waals surface area contributed by atoms with E-state index in [0.29, 0.717) is 10.8 Å². The smallest absolute Gasteiger partial charge is 0.445 e. The summed E-state index contributed by atoms with van der Waals surface area (Å²) in [6, 6.07) is 22.7. The second-order valence-corrected chi connectivity index (χ2v) is 10.5. The van der Waals surface area contributed by atoms with Gasteiger partial charge in [-0.1, -0.05) is 114 Å². The quantitative estimate of drug-likeness (QED) is 0.0847. The number of unbranched alkanes of at least 4 members (excludes halogenated alkanes) is 5. The number of benzene rings is 3. The van der Waals surface area contributed by atoms with Crippen molar-refractivity contribution in [2.45, 2.75) is 72.1 Å². The highest BCUT2D eigenvalue weighted by Gasteiger charge is 2.17. The normalized spacial score (nSPS) is 11.5. The Balaban J connectivity index is 1.74. The van der Waals surface area contributed by atoms with Gasteiger partial charge in [-0.2, -0.15) is 0 Å². The van der Waals surface area contributed by atoms with E-state index in [2.05, 4.69) is 19.1 Å². The Morgan fingerprint density at radius 2 is 1.52 bits per heavy atom. The fourth-order valence-electron chi connectivity index (χ4n) is 4.17. The molecule has 0 spiro atoms. The molecule has 0 saturated carbocycles. The molecule has 6 heteroatoms. The molecule has 0 radical (unpaired) electrons. The largest absolute Gasteiger partial charge is 0.516 e. The molecule has 0 bridgehead atoms. The zero-order chi connectivity index (χ0) is 28.7. The molecular formula is C34H40O5S. The first-order chi connectivity index (χ1) is 19.4. The fraction of sp³-hybridized carbons (Fsp3) is 0.382. The van der Waals surface area contributed by atoms with E-state index in [0.717, 1.165) is 36.0 Å². The van der Waals surface area contributed by atoms with Crippen LogP contribution in [-0.2, 0) is 15.9 Å². The molecule has 0 amide bonds. The van der Waals surface area contributed by atoms with Crippen molar-refractivity contribution in [1.29, 1.82) is 0 Å². The highest BCUT2D eigenvalue weighted by Crippen LogP contribution is 2.33. The summed E-state index contributed by atoms with van der Waals surface area (Å²) in [4.78, 5) is 24.3. The molecule has 0 N–H and O–H groups in total. The second-order valence-electron chi connectivity index (χ2n) is 10.1. The fourth-order valence-corrected chi connectivity index (χ4v) is 4.39. The zero-order valence-electron chi connectivity index (χ0n) is 23.8. The minimum absolute atomic E-state index is 0.199. The molecule has 212 valence electrons. The Bertz CT molecular complexity index is 1240. The van der Waals surface area contributed by atoms with Crippen LogP contribution >= 0.6 is 12.2 Å². The van der Waals surface area contributed by atoms with Gasteiger partial charge in [-0.3, -0.25) is 0 Å². The minimum Gasteiger partial charge on any atom is -0.445 e. The lowest BCUT2D eigenvalue weighted by atomic mass is 9.98. The molecule has 0 heterocycles. The lowest BCUT2D eigenvalue weighted by Gasteiger charge is -2.15. The molecule has 1 atom stereocenters. The van der Waals surface area contributed by atoms with Crippen LogP contribution in [0.5, 0.6) is 5.75 Å². The second kappa shape index (κ2) is 16.6. The van der Waals surface area contributed by atoms with Gasteiger partial charge in [0.15, 0.2) is 5.05 Å². The van der Waals surface area contributed by atoms with Crippen LogP contribution < -0.4 is 4.74 Å². The van der Waals surface area contributed by atoms with E-state index in [-0.39, 0.29) is 18.1 Å². The summed E-state index contributed by atoms with van der Waals surface area (Å²) in [5.74, 6) is 0.114. The molecule has 0 aromatic heterocycles. The number of esters is 1. The third-order valence-electron chi connectivity index (χ3n) is 6.87. The topological polar surface area (TPSA) is 61.8 Å². The number of thiocarbonyl (C=S) groups is 1. The van der Waals surface area contributed by atoms with Crippen LogP contribution in [0.2, 0.25) is 0 Å². The molecule has 5 nitrogen and oxygen atoms in total. The van der Waals surface area contributed by atoms with Crippen LogP contribution in [0.3, 0.4) is 0 Å².